The van der Waals surface area contributed by atoms with Gasteiger partial charge in [-0.15, -0.1) is 11.8 Å². The van der Waals surface area contributed by atoms with E-state index in [9.17, 15) is 13.2 Å². The Kier molecular flexibility index (Phi) is 7.00. The van der Waals surface area contributed by atoms with E-state index >= 15 is 0 Å². The maximum atomic E-state index is 12.5. The molecule has 0 fully saturated rings. The van der Waals surface area contributed by atoms with Crippen LogP contribution in [0.5, 0.6) is 0 Å². The molecule has 1 heterocycles. The summed E-state index contributed by atoms with van der Waals surface area (Å²) < 4.78 is 26.7. The van der Waals surface area contributed by atoms with E-state index in [-0.39, 0.29) is 11.4 Å². The van der Waals surface area contributed by atoms with Crippen molar-refractivity contribution in [3.8, 4) is 0 Å². The second-order valence-corrected chi connectivity index (χ2v) is 9.33. The van der Waals surface area contributed by atoms with Gasteiger partial charge in [-0.05, 0) is 42.2 Å². The van der Waals surface area contributed by atoms with Gasteiger partial charge < -0.3 is 5.32 Å². The highest BCUT2D eigenvalue weighted by atomic mass is 79.9. The van der Waals surface area contributed by atoms with Gasteiger partial charge in [-0.3, -0.25) is 4.79 Å². The number of amides is 1. The molecule has 0 unspecified atom stereocenters. The molecular weight excluding hydrogens is 426 g/mol. The van der Waals surface area contributed by atoms with Crippen molar-refractivity contribution in [3.05, 3.63) is 47.1 Å². The van der Waals surface area contributed by atoms with E-state index in [1.54, 1.807) is 36.2 Å². The Bertz CT molecular complexity index is 825. The number of carbonyl (C=O) groups excluding carboxylic acids is 1. The quantitative estimate of drug-likeness (QED) is 0.664. The number of nitrogens with one attached hydrogen (secondary N) is 1. The van der Waals surface area contributed by atoms with Crippen molar-refractivity contribution in [1.82, 2.24) is 9.29 Å². The summed E-state index contributed by atoms with van der Waals surface area (Å²) in [6.45, 7) is 1.74. The molecule has 2 aromatic rings. The van der Waals surface area contributed by atoms with Gasteiger partial charge in [0.2, 0.25) is 15.9 Å². The minimum atomic E-state index is -3.72. The zero-order valence-electron chi connectivity index (χ0n) is 13.8. The third kappa shape index (κ3) is 5.53. The molecule has 0 radical (unpaired) electrons. The van der Waals surface area contributed by atoms with Crippen LogP contribution in [0.1, 0.15) is 6.92 Å². The van der Waals surface area contributed by atoms with Crippen LogP contribution >= 0.6 is 27.7 Å². The fourth-order valence-corrected chi connectivity index (χ4v) is 3.94. The second kappa shape index (κ2) is 8.79. The molecule has 1 aromatic heterocycles. The average molecular weight is 444 g/mol. The summed E-state index contributed by atoms with van der Waals surface area (Å²) >= 11 is 4.86. The minimum absolute atomic E-state index is 0.133. The Balaban J connectivity index is 2.00. The number of pyridine rings is 1. The second-order valence-electron chi connectivity index (χ2n) is 5.08. The number of nitrogens with zero attached hydrogens (tertiary/aromatic N) is 2. The van der Waals surface area contributed by atoms with Gasteiger partial charge in [0.05, 0.1) is 28.4 Å². The van der Waals surface area contributed by atoms with Crippen LogP contribution in [0.2, 0.25) is 0 Å². The lowest BCUT2D eigenvalue weighted by Gasteiger charge is -2.17. The Morgan fingerprint density at radius 3 is 2.48 bits per heavy atom. The Hall–Kier alpha value is -1.42. The molecule has 0 aliphatic carbocycles. The highest BCUT2D eigenvalue weighted by Gasteiger charge is 2.22. The van der Waals surface area contributed by atoms with Crippen LogP contribution in [0, 0.1) is 0 Å². The molecule has 1 aromatic carbocycles. The van der Waals surface area contributed by atoms with Gasteiger partial charge in [0, 0.05) is 11.5 Å². The maximum absolute atomic E-state index is 12.5. The molecule has 134 valence electrons. The molecule has 1 amide bonds. The highest BCUT2D eigenvalue weighted by molar-refractivity contribution is 9.10. The molecule has 0 aliphatic heterocycles. The molecule has 0 bridgehead atoms. The first-order valence-corrected chi connectivity index (χ1v) is 10.7. The fourth-order valence-electron chi connectivity index (χ4n) is 1.96. The number of halogens is 1. The molecule has 25 heavy (non-hydrogen) atoms. The van der Waals surface area contributed by atoms with E-state index in [1.165, 1.54) is 19.2 Å². The van der Waals surface area contributed by atoms with E-state index in [2.05, 4.69) is 26.2 Å². The molecule has 6 nitrogen and oxygen atoms in total. The summed E-state index contributed by atoms with van der Waals surface area (Å²) in [7, 11) is -2.35. The van der Waals surface area contributed by atoms with Crippen molar-refractivity contribution in [2.24, 2.45) is 0 Å². The number of hydrogen-bond donors (Lipinski definition) is 1. The maximum Gasteiger partial charge on any atom is 0.243 e. The number of benzene rings is 1. The summed E-state index contributed by atoms with van der Waals surface area (Å²) in [4.78, 5) is 16.5. The lowest BCUT2D eigenvalue weighted by Crippen LogP contribution is -2.34. The molecule has 0 saturated heterocycles. The normalized spacial score (nSPS) is 11.5. The number of likely N-dealkylation sites (N-methyl/N-ethyl adjacent to an activating group) is 1. The van der Waals surface area contributed by atoms with Crippen LogP contribution in [0.3, 0.4) is 0 Å². The van der Waals surface area contributed by atoms with E-state index in [1.807, 2.05) is 13.0 Å². The molecule has 0 aliphatic rings. The first-order valence-electron chi connectivity index (χ1n) is 7.43. The van der Waals surface area contributed by atoms with Crippen molar-refractivity contribution >= 4 is 49.3 Å². The van der Waals surface area contributed by atoms with Crippen LogP contribution in [0.4, 0.5) is 5.69 Å². The summed E-state index contributed by atoms with van der Waals surface area (Å²) in [5.41, 5.74) is 0.528. The third-order valence-corrected chi connectivity index (χ3v) is 6.37. The highest BCUT2D eigenvalue weighted by Crippen LogP contribution is 2.19. The first-order chi connectivity index (χ1) is 11.8. The van der Waals surface area contributed by atoms with E-state index < -0.39 is 15.9 Å². The number of anilines is 1. The van der Waals surface area contributed by atoms with Gasteiger partial charge in [0.25, 0.3) is 0 Å². The SMILES string of the molecule is CCSc1ccc(NC(=O)CN(C)S(=O)(=O)c2ccc(Br)cc2)cn1. The number of hydrogen-bond acceptors (Lipinski definition) is 5. The van der Waals surface area contributed by atoms with E-state index in [4.69, 9.17) is 0 Å². The monoisotopic (exact) mass is 443 g/mol. The molecule has 1 N–H and O–H groups in total. The summed E-state index contributed by atoms with van der Waals surface area (Å²) in [5, 5.41) is 3.52. The van der Waals surface area contributed by atoms with Crippen LogP contribution in [0.15, 0.2) is 57.0 Å². The standard InChI is InChI=1S/C16H18BrN3O3S2/c1-3-24-16-9-6-13(10-18-16)19-15(21)11-20(2)25(22,23)14-7-4-12(17)5-8-14/h4-10H,3,11H2,1-2H3,(H,19,21). The van der Waals surface area contributed by atoms with Gasteiger partial charge in [0.1, 0.15) is 0 Å². The van der Waals surface area contributed by atoms with Gasteiger partial charge in [0.15, 0.2) is 0 Å². The van der Waals surface area contributed by atoms with Crippen molar-refractivity contribution in [2.75, 3.05) is 24.7 Å². The van der Waals surface area contributed by atoms with Crippen LogP contribution < -0.4 is 5.32 Å². The molecule has 0 saturated carbocycles. The zero-order valence-corrected chi connectivity index (χ0v) is 17.0. The molecule has 2 rings (SSSR count). The molecule has 9 heteroatoms. The van der Waals surface area contributed by atoms with Crippen LogP contribution in [0.25, 0.3) is 0 Å². The fraction of sp³-hybridized carbons (Fsp3) is 0.250. The van der Waals surface area contributed by atoms with Crippen LogP contribution in [-0.4, -0.2) is 43.0 Å². The smallest absolute Gasteiger partial charge is 0.243 e. The Labute approximate surface area is 160 Å². The summed E-state index contributed by atoms with van der Waals surface area (Å²) in [6.07, 6.45) is 1.55. The van der Waals surface area contributed by atoms with Gasteiger partial charge >= 0.3 is 0 Å². The minimum Gasteiger partial charge on any atom is -0.324 e. The largest absolute Gasteiger partial charge is 0.324 e. The van der Waals surface area contributed by atoms with Crippen molar-refractivity contribution in [3.63, 3.8) is 0 Å². The van der Waals surface area contributed by atoms with Gasteiger partial charge in [-0.25, -0.2) is 13.4 Å². The third-order valence-electron chi connectivity index (χ3n) is 3.20. The number of rotatable bonds is 7. The summed E-state index contributed by atoms with van der Waals surface area (Å²) in [6, 6.07) is 9.81. The predicted octanol–water partition coefficient (Wildman–Crippen LogP) is 3.22. The van der Waals surface area contributed by atoms with Crippen molar-refractivity contribution in [2.45, 2.75) is 16.8 Å². The number of sulfonamides is 1. The predicted molar refractivity (Wildman–Crippen MR) is 103 cm³/mol. The topological polar surface area (TPSA) is 79.4 Å². The lowest BCUT2D eigenvalue weighted by atomic mass is 10.4. The lowest BCUT2D eigenvalue weighted by molar-refractivity contribution is -0.116. The summed E-state index contributed by atoms with van der Waals surface area (Å²) in [5.74, 6) is 0.484. The number of thioether (sulfide) groups is 1. The van der Waals surface area contributed by atoms with E-state index in [0.29, 0.717) is 5.69 Å². The molecular formula is C16H18BrN3O3S2. The zero-order chi connectivity index (χ0) is 18.4. The molecule has 0 atom stereocenters. The van der Waals surface area contributed by atoms with Gasteiger partial charge in [-0.2, -0.15) is 4.31 Å². The van der Waals surface area contributed by atoms with Crippen LogP contribution in [-0.2, 0) is 14.8 Å². The van der Waals surface area contributed by atoms with Gasteiger partial charge in [-0.1, -0.05) is 22.9 Å². The number of carbonyl (C=O) groups is 1. The number of aromatic nitrogens is 1. The molecule has 0 spiro atoms. The van der Waals surface area contributed by atoms with Crippen molar-refractivity contribution in [1.29, 1.82) is 0 Å². The Morgan fingerprint density at radius 2 is 1.92 bits per heavy atom. The van der Waals surface area contributed by atoms with E-state index in [0.717, 1.165) is 19.6 Å². The first kappa shape index (κ1) is 19.9. The average Bonchev–Trinajstić information content (AvgIpc) is 2.57. The Morgan fingerprint density at radius 1 is 1.24 bits per heavy atom. The van der Waals surface area contributed by atoms with Crippen molar-refractivity contribution < 1.29 is 13.2 Å².